The third-order valence-electron chi connectivity index (χ3n) is 4.22. The fraction of sp³-hybridized carbons (Fsp3) is 0.0952. The largest absolute Gasteiger partial charge is 0.457 e. The van der Waals surface area contributed by atoms with Crippen LogP contribution in [0.3, 0.4) is 0 Å². The monoisotopic (exact) mass is 349 g/mol. The summed E-state index contributed by atoms with van der Waals surface area (Å²) in [5, 5.41) is 0.663. The third kappa shape index (κ3) is 3.37. The highest BCUT2D eigenvalue weighted by atomic mass is 35.5. The minimum Gasteiger partial charge on any atom is -0.457 e. The Balaban J connectivity index is 1.44. The van der Waals surface area contributed by atoms with Crippen LogP contribution in [-0.4, -0.2) is 10.8 Å². The van der Waals surface area contributed by atoms with Crippen molar-refractivity contribution < 1.29 is 9.53 Å². The van der Waals surface area contributed by atoms with Crippen LogP contribution in [0.15, 0.2) is 72.8 Å². The molecule has 4 rings (SSSR count). The third-order valence-corrected chi connectivity index (χ3v) is 4.46. The van der Waals surface area contributed by atoms with Gasteiger partial charge < -0.3 is 9.64 Å². The number of fused-ring (bicyclic) bond motifs is 1. The lowest BCUT2D eigenvalue weighted by Gasteiger charge is -2.16. The Hall–Kier alpha value is -2.78. The van der Waals surface area contributed by atoms with E-state index in [1.165, 1.54) is 0 Å². The van der Waals surface area contributed by atoms with Crippen LogP contribution in [-0.2, 0) is 13.1 Å². The fourth-order valence-corrected chi connectivity index (χ4v) is 3.18. The summed E-state index contributed by atoms with van der Waals surface area (Å²) in [5.74, 6) is 1.63. The zero-order valence-corrected chi connectivity index (χ0v) is 14.2. The summed E-state index contributed by atoms with van der Waals surface area (Å²) < 4.78 is 5.79. The summed E-state index contributed by atoms with van der Waals surface area (Å²) in [7, 11) is 0. The van der Waals surface area contributed by atoms with Gasteiger partial charge in [-0.1, -0.05) is 41.9 Å². The first kappa shape index (κ1) is 15.7. The van der Waals surface area contributed by atoms with Crippen LogP contribution >= 0.6 is 11.6 Å². The molecular formula is C21H16ClNO2. The second kappa shape index (κ2) is 6.61. The summed E-state index contributed by atoms with van der Waals surface area (Å²) in [5.41, 5.74) is 2.79. The smallest absolute Gasteiger partial charge is 0.254 e. The van der Waals surface area contributed by atoms with Crippen LogP contribution in [0.2, 0.25) is 5.02 Å². The number of hydrogen-bond acceptors (Lipinski definition) is 2. The Morgan fingerprint density at radius 2 is 1.64 bits per heavy atom. The van der Waals surface area contributed by atoms with E-state index in [9.17, 15) is 4.79 Å². The average molecular weight is 350 g/mol. The molecule has 0 unspecified atom stereocenters. The number of ether oxygens (including phenoxy) is 1. The second-order valence-corrected chi connectivity index (χ2v) is 6.46. The molecule has 3 aromatic carbocycles. The van der Waals surface area contributed by atoms with E-state index >= 15 is 0 Å². The zero-order chi connectivity index (χ0) is 17.2. The first-order valence-electron chi connectivity index (χ1n) is 8.08. The van der Waals surface area contributed by atoms with Gasteiger partial charge in [0.05, 0.1) is 0 Å². The van der Waals surface area contributed by atoms with Gasteiger partial charge >= 0.3 is 0 Å². The maximum Gasteiger partial charge on any atom is 0.254 e. The maximum atomic E-state index is 12.5. The Morgan fingerprint density at radius 1 is 0.920 bits per heavy atom. The number of carbonyl (C=O) groups is 1. The maximum absolute atomic E-state index is 12.5. The molecule has 1 amide bonds. The molecule has 0 fully saturated rings. The minimum absolute atomic E-state index is 0.0521. The number of nitrogens with zero attached hydrogens (tertiary/aromatic N) is 1. The average Bonchev–Trinajstić information content (AvgIpc) is 2.92. The molecule has 0 N–H and O–H groups in total. The van der Waals surface area contributed by atoms with E-state index < -0.39 is 0 Å². The van der Waals surface area contributed by atoms with Crippen LogP contribution in [0.1, 0.15) is 21.5 Å². The number of benzene rings is 3. The van der Waals surface area contributed by atoms with Crippen molar-refractivity contribution in [1.82, 2.24) is 4.90 Å². The van der Waals surface area contributed by atoms with E-state index in [1.807, 2.05) is 65.6 Å². The Labute approximate surface area is 151 Å². The van der Waals surface area contributed by atoms with E-state index in [0.29, 0.717) is 18.1 Å². The van der Waals surface area contributed by atoms with Crippen LogP contribution in [0.4, 0.5) is 0 Å². The van der Waals surface area contributed by atoms with Crippen LogP contribution in [0.5, 0.6) is 11.5 Å². The van der Waals surface area contributed by atoms with Gasteiger partial charge in [0.2, 0.25) is 0 Å². The molecule has 0 spiro atoms. The molecule has 0 atom stereocenters. The molecule has 3 aromatic rings. The molecule has 25 heavy (non-hydrogen) atoms. The normalized spacial score (nSPS) is 13.0. The lowest BCUT2D eigenvalue weighted by molar-refractivity contribution is 0.0766. The van der Waals surface area contributed by atoms with Crippen LogP contribution in [0.25, 0.3) is 0 Å². The highest BCUT2D eigenvalue weighted by Gasteiger charge is 2.27. The van der Waals surface area contributed by atoms with Crippen molar-refractivity contribution in [3.8, 4) is 11.5 Å². The van der Waals surface area contributed by atoms with Crippen molar-refractivity contribution in [3.05, 3.63) is 94.5 Å². The number of halogens is 1. The van der Waals surface area contributed by atoms with Crippen molar-refractivity contribution in [1.29, 1.82) is 0 Å². The molecular weight excluding hydrogens is 334 g/mol. The predicted molar refractivity (Wildman–Crippen MR) is 98.0 cm³/mol. The SMILES string of the molecule is O=C1c2ccc(Cl)cc2CN1Cc1ccc(Oc2ccccc2)cc1. The van der Waals surface area contributed by atoms with E-state index in [4.69, 9.17) is 16.3 Å². The van der Waals surface area contributed by atoms with Gasteiger partial charge in [-0.2, -0.15) is 0 Å². The summed E-state index contributed by atoms with van der Waals surface area (Å²) in [6, 6.07) is 22.9. The first-order chi connectivity index (χ1) is 12.2. The van der Waals surface area contributed by atoms with Crippen LogP contribution in [0, 0.1) is 0 Å². The number of hydrogen-bond donors (Lipinski definition) is 0. The van der Waals surface area contributed by atoms with Crippen molar-refractivity contribution in [2.45, 2.75) is 13.1 Å². The molecule has 1 aliphatic rings. The lowest BCUT2D eigenvalue weighted by atomic mass is 10.1. The molecule has 0 aliphatic carbocycles. The summed E-state index contributed by atoms with van der Waals surface area (Å²) >= 11 is 6.02. The Bertz CT molecular complexity index is 907. The number of amides is 1. The van der Waals surface area contributed by atoms with Gasteiger partial charge in [-0.15, -0.1) is 0 Å². The molecule has 4 heteroatoms. The first-order valence-corrected chi connectivity index (χ1v) is 8.46. The molecule has 1 heterocycles. The van der Waals surface area contributed by atoms with Gasteiger partial charge in [-0.3, -0.25) is 4.79 Å². The Kier molecular flexibility index (Phi) is 4.16. The molecule has 0 radical (unpaired) electrons. The summed E-state index contributed by atoms with van der Waals surface area (Å²) in [6.07, 6.45) is 0. The molecule has 0 saturated heterocycles. The highest BCUT2D eigenvalue weighted by Crippen LogP contribution is 2.28. The second-order valence-electron chi connectivity index (χ2n) is 6.02. The topological polar surface area (TPSA) is 29.5 Å². The quantitative estimate of drug-likeness (QED) is 0.640. The number of para-hydroxylation sites is 1. The van der Waals surface area contributed by atoms with Gasteiger partial charge in [-0.05, 0) is 53.6 Å². The molecule has 0 saturated carbocycles. The molecule has 124 valence electrons. The lowest BCUT2D eigenvalue weighted by Crippen LogP contribution is -2.23. The van der Waals surface area contributed by atoms with Gasteiger partial charge in [0, 0.05) is 23.7 Å². The molecule has 3 nitrogen and oxygen atoms in total. The van der Waals surface area contributed by atoms with Gasteiger partial charge in [-0.25, -0.2) is 0 Å². The van der Waals surface area contributed by atoms with Crippen molar-refractivity contribution in [2.24, 2.45) is 0 Å². The summed E-state index contributed by atoms with van der Waals surface area (Å²) in [4.78, 5) is 14.3. The molecule has 0 aromatic heterocycles. The van der Waals surface area contributed by atoms with E-state index in [-0.39, 0.29) is 5.91 Å². The number of rotatable bonds is 4. The highest BCUT2D eigenvalue weighted by molar-refractivity contribution is 6.30. The summed E-state index contributed by atoms with van der Waals surface area (Å²) in [6.45, 7) is 1.16. The molecule has 1 aliphatic heterocycles. The van der Waals surface area contributed by atoms with Gasteiger partial charge in [0.1, 0.15) is 11.5 Å². The standard InChI is InChI=1S/C21H16ClNO2/c22-17-8-11-20-16(12-17)14-23(21(20)24)13-15-6-9-19(10-7-15)25-18-4-2-1-3-5-18/h1-12H,13-14H2. The Morgan fingerprint density at radius 3 is 2.40 bits per heavy atom. The van der Waals surface area contributed by atoms with Crippen molar-refractivity contribution >= 4 is 17.5 Å². The van der Waals surface area contributed by atoms with Crippen molar-refractivity contribution in [2.75, 3.05) is 0 Å². The van der Waals surface area contributed by atoms with Gasteiger partial charge in [0.15, 0.2) is 0 Å². The van der Waals surface area contributed by atoms with E-state index in [1.54, 1.807) is 12.1 Å². The molecule has 0 bridgehead atoms. The fourth-order valence-electron chi connectivity index (χ4n) is 2.99. The zero-order valence-electron chi connectivity index (χ0n) is 13.5. The van der Waals surface area contributed by atoms with E-state index in [0.717, 1.165) is 28.2 Å². The van der Waals surface area contributed by atoms with Crippen LogP contribution < -0.4 is 4.74 Å². The number of carbonyl (C=O) groups excluding carboxylic acids is 1. The minimum atomic E-state index is 0.0521. The van der Waals surface area contributed by atoms with Gasteiger partial charge in [0.25, 0.3) is 5.91 Å². The van der Waals surface area contributed by atoms with Crippen molar-refractivity contribution in [3.63, 3.8) is 0 Å². The van der Waals surface area contributed by atoms with E-state index in [2.05, 4.69) is 0 Å². The predicted octanol–water partition coefficient (Wildman–Crippen LogP) is 5.29.